The van der Waals surface area contributed by atoms with Crippen LogP contribution in [0.2, 0.25) is 0 Å². The molecule has 3 rings (SSSR count). The van der Waals surface area contributed by atoms with Gasteiger partial charge in [0, 0.05) is 28.9 Å². The lowest BCUT2D eigenvalue weighted by Crippen LogP contribution is -2.06. The summed E-state index contributed by atoms with van der Waals surface area (Å²) in [5, 5.41) is 2.45. The Morgan fingerprint density at radius 2 is 2.00 bits per heavy atom. The number of aromatic nitrogens is 2. The van der Waals surface area contributed by atoms with Crippen LogP contribution in [0, 0.1) is 0 Å². The molecule has 4 heteroatoms. The monoisotopic (exact) mass is 211 g/mol. The Labute approximate surface area is 90.7 Å². The first kappa shape index (κ1) is 8.91. The summed E-state index contributed by atoms with van der Waals surface area (Å²) in [5.41, 5.74) is 6.94. The van der Waals surface area contributed by atoms with E-state index in [1.165, 1.54) is 0 Å². The number of nitrogens with zero attached hydrogens (tertiary/aromatic N) is 1. The van der Waals surface area contributed by atoms with Gasteiger partial charge in [-0.3, -0.25) is 9.78 Å². The fraction of sp³-hybridized carbons (Fsp3) is 0. The number of nitrogen functional groups attached to an aromatic ring is 1. The van der Waals surface area contributed by atoms with Gasteiger partial charge in [0.1, 0.15) is 0 Å². The van der Waals surface area contributed by atoms with Gasteiger partial charge in [-0.2, -0.15) is 0 Å². The van der Waals surface area contributed by atoms with E-state index in [4.69, 9.17) is 5.73 Å². The van der Waals surface area contributed by atoms with Gasteiger partial charge in [-0.05, 0) is 18.2 Å². The molecule has 2 aromatic heterocycles. The third-order valence-corrected chi connectivity index (χ3v) is 2.65. The quantitative estimate of drug-likeness (QED) is 0.438. The molecule has 1 aromatic carbocycles. The predicted molar refractivity (Wildman–Crippen MR) is 64.3 cm³/mol. The first-order chi connectivity index (χ1) is 7.75. The molecule has 3 N–H and O–H groups in total. The van der Waals surface area contributed by atoms with Crippen molar-refractivity contribution in [2.45, 2.75) is 0 Å². The van der Waals surface area contributed by atoms with Crippen molar-refractivity contribution in [2.75, 3.05) is 5.73 Å². The van der Waals surface area contributed by atoms with E-state index in [-0.39, 0.29) is 5.56 Å². The van der Waals surface area contributed by atoms with Crippen molar-refractivity contribution in [3.8, 4) is 0 Å². The Balaban J connectivity index is 2.64. The van der Waals surface area contributed by atoms with Gasteiger partial charge in [-0.15, -0.1) is 0 Å². The first-order valence-electron chi connectivity index (χ1n) is 4.91. The molecule has 0 aliphatic carbocycles. The zero-order valence-electron chi connectivity index (χ0n) is 8.40. The molecule has 0 aliphatic heterocycles. The Morgan fingerprint density at radius 3 is 2.88 bits per heavy atom. The van der Waals surface area contributed by atoms with Crippen LogP contribution >= 0.6 is 0 Å². The number of H-pyrrole nitrogens is 1. The second-order valence-corrected chi connectivity index (χ2v) is 3.68. The summed E-state index contributed by atoms with van der Waals surface area (Å²) in [5.74, 6) is 0. The van der Waals surface area contributed by atoms with Gasteiger partial charge in [0.15, 0.2) is 0 Å². The van der Waals surface area contributed by atoms with Gasteiger partial charge in [0.25, 0.3) is 5.56 Å². The smallest absolute Gasteiger partial charge is 0.256 e. The van der Waals surface area contributed by atoms with Crippen LogP contribution in [0.4, 0.5) is 5.69 Å². The summed E-state index contributed by atoms with van der Waals surface area (Å²) < 4.78 is 0. The van der Waals surface area contributed by atoms with Crippen molar-refractivity contribution < 1.29 is 0 Å². The Kier molecular flexibility index (Phi) is 1.71. The first-order valence-corrected chi connectivity index (χ1v) is 4.91. The van der Waals surface area contributed by atoms with E-state index in [0.717, 1.165) is 16.3 Å². The molecule has 0 fully saturated rings. The van der Waals surface area contributed by atoms with Crippen LogP contribution in [0.5, 0.6) is 0 Å². The Bertz CT molecular complexity index is 746. The fourth-order valence-corrected chi connectivity index (χ4v) is 1.90. The Morgan fingerprint density at radius 1 is 1.12 bits per heavy atom. The minimum atomic E-state index is -0.115. The standard InChI is InChI=1S/C12H9N3O/c13-7-1-2-8-10-6-14-4-3-9(10)12(16)15-11(8)5-7/h1-6H,13H2,(H,15,16). The lowest BCUT2D eigenvalue weighted by molar-refractivity contribution is 1.31. The van der Waals surface area contributed by atoms with E-state index in [1.807, 2.05) is 12.1 Å². The van der Waals surface area contributed by atoms with Gasteiger partial charge in [0.2, 0.25) is 0 Å². The molecule has 0 aliphatic rings. The molecule has 0 saturated heterocycles. The summed E-state index contributed by atoms with van der Waals surface area (Å²) in [6.07, 6.45) is 3.31. The van der Waals surface area contributed by atoms with Crippen molar-refractivity contribution in [2.24, 2.45) is 0 Å². The van der Waals surface area contributed by atoms with E-state index in [2.05, 4.69) is 9.97 Å². The van der Waals surface area contributed by atoms with Gasteiger partial charge >= 0.3 is 0 Å². The van der Waals surface area contributed by atoms with Gasteiger partial charge in [-0.1, -0.05) is 6.07 Å². The second kappa shape index (κ2) is 3.06. The number of fused-ring (bicyclic) bond motifs is 3. The molecule has 4 nitrogen and oxygen atoms in total. The summed E-state index contributed by atoms with van der Waals surface area (Å²) in [6, 6.07) is 7.17. The number of rotatable bonds is 0. The van der Waals surface area contributed by atoms with E-state index in [0.29, 0.717) is 11.1 Å². The van der Waals surface area contributed by atoms with Crippen LogP contribution < -0.4 is 11.3 Å². The van der Waals surface area contributed by atoms with E-state index in [9.17, 15) is 4.79 Å². The average Bonchev–Trinajstić information content (AvgIpc) is 2.29. The summed E-state index contributed by atoms with van der Waals surface area (Å²) in [7, 11) is 0. The van der Waals surface area contributed by atoms with Crippen molar-refractivity contribution in [3.63, 3.8) is 0 Å². The number of benzene rings is 1. The van der Waals surface area contributed by atoms with E-state index >= 15 is 0 Å². The highest BCUT2D eigenvalue weighted by atomic mass is 16.1. The third kappa shape index (κ3) is 1.16. The molecular formula is C12H9N3O. The average molecular weight is 211 g/mol. The molecule has 0 amide bonds. The van der Waals surface area contributed by atoms with Gasteiger partial charge in [-0.25, -0.2) is 0 Å². The van der Waals surface area contributed by atoms with Crippen LogP contribution in [-0.2, 0) is 0 Å². The number of hydrogen-bond donors (Lipinski definition) is 2. The van der Waals surface area contributed by atoms with Gasteiger partial charge in [0.05, 0.1) is 10.9 Å². The van der Waals surface area contributed by atoms with Crippen LogP contribution in [0.15, 0.2) is 41.5 Å². The minimum Gasteiger partial charge on any atom is -0.399 e. The molecule has 3 aromatic rings. The van der Waals surface area contributed by atoms with E-state index in [1.54, 1.807) is 24.5 Å². The molecule has 0 bridgehead atoms. The highest BCUT2D eigenvalue weighted by Gasteiger charge is 2.04. The third-order valence-electron chi connectivity index (χ3n) is 2.65. The van der Waals surface area contributed by atoms with Crippen molar-refractivity contribution in [3.05, 3.63) is 47.0 Å². The highest BCUT2D eigenvalue weighted by Crippen LogP contribution is 2.21. The lowest BCUT2D eigenvalue weighted by atomic mass is 10.1. The summed E-state index contributed by atoms with van der Waals surface area (Å²) in [4.78, 5) is 18.6. The zero-order chi connectivity index (χ0) is 11.1. The minimum absolute atomic E-state index is 0.115. The number of nitrogens with one attached hydrogen (secondary N) is 1. The molecule has 0 spiro atoms. The van der Waals surface area contributed by atoms with Crippen molar-refractivity contribution >= 4 is 27.4 Å². The SMILES string of the molecule is Nc1ccc2c(c1)[nH]c(=O)c1ccncc12. The maximum atomic E-state index is 11.8. The fourth-order valence-electron chi connectivity index (χ4n) is 1.90. The topological polar surface area (TPSA) is 71.8 Å². The van der Waals surface area contributed by atoms with Crippen LogP contribution in [0.25, 0.3) is 21.7 Å². The highest BCUT2D eigenvalue weighted by molar-refractivity contribution is 6.05. The molecule has 2 heterocycles. The van der Waals surface area contributed by atoms with Gasteiger partial charge < -0.3 is 10.7 Å². The second-order valence-electron chi connectivity index (χ2n) is 3.68. The zero-order valence-corrected chi connectivity index (χ0v) is 8.40. The summed E-state index contributed by atoms with van der Waals surface area (Å²) >= 11 is 0. The molecule has 0 radical (unpaired) electrons. The number of aromatic amines is 1. The summed E-state index contributed by atoms with van der Waals surface area (Å²) in [6.45, 7) is 0. The molecular weight excluding hydrogens is 202 g/mol. The van der Waals surface area contributed by atoms with Crippen LogP contribution in [-0.4, -0.2) is 9.97 Å². The number of nitrogens with two attached hydrogens (primary N) is 1. The molecule has 16 heavy (non-hydrogen) atoms. The number of hydrogen-bond acceptors (Lipinski definition) is 3. The van der Waals surface area contributed by atoms with Crippen LogP contribution in [0.3, 0.4) is 0 Å². The van der Waals surface area contributed by atoms with Crippen molar-refractivity contribution in [1.29, 1.82) is 0 Å². The molecule has 0 unspecified atom stereocenters. The van der Waals surface area contributed by atoms with Crippen LogP contribution in [0.1, 0.15) is 0 Å². The molecule has 0 saturated carbocycles. The van der Waals surface area contributed by atoms with E-state index < -0.39 is 0 Å². The largest absolute Gasteiger partial charge is 0.399 e. The Hall–Kier alpha value is -2.36. The molecule has 0 atom stereocenters. The maximum Gasteiger partial charge on any atom is 0.256 e. The number of anilines is 1. The lowest BCUT2D eigenvalue weighted by Gasteiger charge is -2.03. The predicted octanol–water partition coefficient (Wildman–Crippen LogP) is 1.66. The molecule has 78 valence electrons. The number of pyridine rings is 2. The maximum absolute atomic E-state index is 11.8. The normalized spacial score (nSPS) is 11.0. The van der Waals surface area contributed by atoms with Crippen molar-refractivity contribution in [1.82, 2.24) is 9.97 Å².